The zero-order valence-corrected chi connectivity index (χ0v) is 17.5. The molecule has 0 fully saturated rings. The molecule has 6 heteroatoms. The Morgan fingerprint density at radius 1 is 1.25 bits per heavy atom. The second kappa shape index (κ2) is 8.69. The predicted octanol–water partition coefficient (Wildman–Crippen LogP) is 3.74. The molecule has 2 N–H and O–H groups in total. The quantitative estimate of drug-likeness (QED) is 0.587. The van der Waals surface area contributed by atoms with Crippen LogP contribution in [0.15, 0.2) is 52.1 Å². The van der Waals surface area contributed by atoms with Crippen LogP contribution < -0.4 is 15.4 Å². The molecule has 0 saturated heterocycles. The van der Waals surface area contributed by atoms with Gasteiger partial charge >= 0.3 is 0 Å². The molecule has 2 unspecified atom stereocenters. The van der Waals surface area contributed by atoms with E-state index >= 15 is 0 Å². The molecule has 0 saturated carbocycles. The lowest BCUT2D eigenvalue weighted by atomic mass is 9.90. The Morgan fingerprint density at radius 3 is 2.71 bits per heavy atom. The van der Waals surface area contributed by atoms with E-state index in [1.807, 2.05) is 38.4 Å². The summed E-state index contributed by atoms with van der Waals surface area (Å²) in [6.45, 7) is 7.73. The zero-order valence-electron chi connectivity index (χ0n) is 17.5. The molecule has 0 amide bonds. The summed E-state index contributed by atoms with van der Waals surface area (Å²) in [6.07, 6.45) is 2.57. The lowest BCUT2D eigenvalue weighted by Gasteiger charge is -2.38. The number of fused-ring (bicyclic) bond motifs is 1. The van der Waals surface area contributed by atoms with Crippen molar-refractivity contribution in [3.05, 3.63) is 54.0 Å². The highest BCUT2D eigenvalue weighted by Crippen LogP contribution is 2.39. The molecule has 0 bridgehead atoms. The fourth-order valence-corrected chi connectivity index (χ4v) is 3.58. The first-order valence-electron chi connectivity index (χ1n) is 9.92. The van der Waals surface area contributed by atoms with Crippen molar-refractivity contribution in [3.63, 3.8) is 0 Å². The van der Waals surface area contributed by atoms with Crippen LogP contribution in [0.1, 0.15) is 50.6 Å². The zero-order chi connectivity index (χ0) is 20.1. The Morgan fingerprint density at radius 2 is 2.04 bits per heavy atom. The fraction of sp³-hybridized carbons (Fsp3) is 0.500. The van der Waals surface area contributed by atoms with Gasteiger partial charge in [0.15, 0.2) is 5.96 Å². The maximum atomic E-state index is 6.15. The van der Waals surface area contributed by atoms with Crippen molar-refractivity contribution in [2.75, 3.05) is 27.2 Å². The molecule has 0 aliphatic carbocycles. The van der Waals surface area contributed by atoms with Crippen LogP contribution in [0.5, 0.6) is 5.75 Å². The Balaban J connectivity index is 1.80. The third-order valence-corrected chi connectivity index (χ3v) is 4.95. The summed E-state index contributed by atoms with van der Waals surface area (Å²) < 4.78 is 11.8. The molecule has 1 aliphatic heterocycles. The summed E-state index contributed by atoms with van der Waals surface area (Å²) in [5.74, 6) is 2.66. The van der Waals surface area contributed by atoms with Gasteiger partial charge in [-0.2, -0.15) is 0 Å². The molecule has 0 radical (unpaired) electrons. The number of hydrogen-bond acceptors (Lipinski definition) is 4. The number of nitrogens with zero attached hydrogens (tertiary/aromatic N) is 2. The van der Waals surface area contributed by atoms with Crippen molar-refractivity contribution < 1.29 is 9.15 Å². The van der Waals surface area contributed by atoms with Crippen LogP contribution in [0.2, 0.25) is 0 Å². The first-order chi connectivity index (χ1) is 13.4. The largest absolute Gasteiger partial charge is 0.487 e. The highest BCUT2D eigenvalue weighted by atomic mass is 16.5. The van der Waals surface area contributed by atoms with Crippen LogP contribution >= 0.6 is 0 Å². The van der Waals surface area contributed by atoms with Gasteiger partial charge in [0.05, 0.1) is 24.9 Å². The van der Waals surface area contributed by atoms with Crippen LogP contribution in [0.4, 0.5) is 0 Å². The van der Waals surface area contributed by atoms with Crippen molar-refractivity contribution in [3.8, 4) is 5.75 Å². The van der Waals surface area contributed by atoms with E-state index in [1.54, 1.807) is 6.26 Å². The number of nitrogens with one attached hydrogen (secondary N) is 2. The lowest BCUT2D eigenvalue weighted by Crippen LogP contribution is -2.45. The van der Waals surface area contributed by atoms with Gasteiger partial charge in [0.25, 0.3) is 0 Å². The first-order valence-corrected chi connectivity index (χ1v) is 9.92. The first kappa shape index (κ1) is 20.3. The van der Waals surface area contributed by atoms with Gasteiger partial charge in [-0.25, -0.2) is 0 Å². The van der Waals surface area contributed by atoms with E-state index in [4.69, 9.17) is 14.1 Å². The smallest absolute Gasteiger partial charge is 0.191 e. The molecule has 3 rings (SSSR count). The van der Waals surface area contributed by atoms with Crippen LogP contribution in [0, 0.1) is 0 Å². The summed E-state index contributed by atoms with van der Waals surface area (Å²) in [7, 11) is 4.08. The molecule has 1 aliphatic rings. The summed E-state index contributed by atoms with van der Waals surface area (Å²) in [5.41, 5.74) is 0.937. The maximum absolute atomic E-state index is 6.15. The van der Waals surface area contributed by atoms with Gasteiger partial charge in [-0.3, -0.25) is 9.89 Å². The van der Waals surface area contributed by atoms with Crippen molar-refractivity contribution in [2.45, 2.75) is 44.9 Å². The number of para-hydroxylation sites is 1. The minimum Gasteiger partial charge on any atom is -0.487 e. The SMILES string of the molecule is CCNC(=NCC(c1ccco1)N(C)C)NC1CC(C)(C)Oc2ccccc21. The highest BCUT2D eigenvalue weighted by Gasteiger charge is 2.34. The van der Waals surface area contributed by atoms with Gasteiger partial charge in [-0.15, -0.1) is 0 Å². The van der Waals surface area contributed by atoms with E-state index in [0.717, 1.165) is 30.4 Å². The van der Waals surface area contributed by atoms with Crippen molar-refractivity contribution in [1.29, 1.82) is 0 Å². The predicted molar refractivity (Wildman–Crippen MR) is 113 cm³/mol. The van der Waals surface area contributed by atoms with E-state index in [0.29, 0.717) is 6.54 Å². The van der Waals surface area contributed by atoms with Crippen molar-refractivity contribution in [1.82, 2.24) is 15.5 Å². The van der Waals surface area contributed by atoms with Crippen LogP contribution in [-0.2, 0) is 0 Å². The molecule has 28 heavy (non-hydrogen) atoms. The molecule has 0 spiro atoms. The Kier molecular flexibility index (Phi) is 6.29. The molecule has 2 heterocycles. The van der Waals surface area contributed by atoms with Crippen LogP contribution in [-0.4, -0.2) is 43.6 Å². The minimum atomic E-state index is -0.232. The van der Waals surface area contributed by atoms with E-state index in [9.17, 15) is 0 Å². The molecule has 152 valence electrons. The van der Waals surface area contributed by atoms with Gasteiger partial charge in [-0.05, 0) is 53.1 Å². The van der Waals surface area contributed by atoms with E-state index < -0.39 is 0 Å². The number of hydrogen-bond donors (Lipinski definition) is 2. The highest BCUT2D eigenvalue weighted by molar-refractivity contribution is 5.80. The third kappa shape index (κ3) is 4.87. The maximum Gasteiger partial charge on any atom is 0.191 e. The van der Waals surface area contributed by atoms with E-state index in [1.165, 1.54) is 5.56 Å². The number of benzene rings is 1. The summed E-state index contributed by atoms with van der Waals surface area (Å²) >= 11 is 0. The Labute approximate surface area is 168 Å². The van der Waals surface area contributed by atoms with Gasteiger partial charge in [-0.1, -0.05) is 18.2 Å². The number of furan rings is 1. The molecule has 6 nitrogen and oxygen atoms in total. The van der Waals surface area contributed by atoms with Gasteiger partial charge < -0.3 is 19.8 Å². The number of likely N-dealkylation sites (N-methyl/N-ethyl adjacent to an activating group) is 1. The molecule has 1 aromatic heterocycles. The average Bonchev–Trinajstić information content (AvgIpc) is 3.15. The second-order valence-corrected chi connectivity index (χ2v) is 8.02. The normalized spacial score (nSPS) is 19.6. The topological polar surface area (TPSA) is 62.0 Å². The number of guanidine groups is 1. The molecular weight excluding hydrogens is 352 g/mol. The Hall–Kier alpha value is -2.47. The van der Waals surface area contributed by atoms with E-state index in [-0.39, 0.29) is 17.7 Å². The molecule has 2 aromatic rings. The fourth-order valence-electron chi connectivity index (χ4n) is 3.58. The summed E-state index contributed by atoms with van der Waals surface area (Å²) in [6, 6.07) is 12.4. The number of aliphatic imine (C=N–C) groups is 1. The monoisotopic (exact) mass is 384 g/mol. The second-order valence-electron chi connectivity index (χ2n) is 8.02. The molecule has 1 aromatic carbocycles. The van der Waals surface area contributed by atoms with E-state index in [2.05, 4.69) is 48.4 Å². The summed E-state index contributed by atoms with van der Waals surface area (Å²) in [4.78, 5) is 6.98. The van der Waals surface area contributed by atoms with Crippen molar-refractivity contribution in [2.24, 2.45) is 4.99 Å². The molecular formula is C22H32N4O2. The van der Waals surface area contributed by atoms with Gasteiger partial charge in [0.1, 0.15) is 17.1 Å². The standard InChI is InChI=1S/C22H32N4O2/c1-6-23-21(24-15-18(26(4)5)20-12-9-13-27-20)25-17-14-22(2,3)28-19-11-8-7-10-16(17)19/h7-13,17-18H,6,14-15H2,1-5H3,(H2,23,24,25). The van der Waals surface area contributed by atoms with Gasteiger partial charge in [0.2, 0.25) is 0 Å². The Bertz CT molecular complexity index is 784. The third-order valence-electron chi connectivity index (χ3n) is 4.95. The number of ether oxygens (including phenoxy) is 1. The van der Waals surface area contributed by atoms with Crippen molar-refractivity contribution >= 4 is 5.96 Å². The lowest BCUT2D eigenvalue weighted by molar-refractivity contribution is 0.0694. The van der Waals surface area contributed by atoms with Gasteiger partial charge in [0, 0.05) is 18.5 Å². The minimum absolute atomic E-state index is 0.0869. The van der Waals surface area contributed by atoms with Crippen LogP contribution in [0.3, 0.4) is 0 Å². The average molecular weight is 385 g/mol. The number of rotatable bonds is 6. The summed E-state index contributed by atoms with van der Waals surface area (Å²) in [5, 5.41) is 6.99. The molecule has 2 atom stereocenters. The van der Waals surface area contributed by atoms with Crippen LogP contribution in [0.25, 0.3) is 0 Å².